The van der Waals surface area contributed by atoms with Gasteiger partial charge >= 0.3 is 0 Å². The molecule has 1 aromatic rings. The molecule has 72 valence electrons. The molecule has 0 unspecified atom stereocenters. The van der Waals surface area contributed by atoms with Crippen LogP contribution in [0.25, 0.3) is 0 Å². The molecule has 0 amide bonds. The van der Waals surface area contributed by atoms with E-state index in [0.29, 0.717) is 0 Å². The molecule has 0 spiro atoms. The molecule has 0 aliphatic rings. The molecule has 0 aromatic heterocycles. The van der Waals surface area contributed by atoms with Gasteiger partial charge in [0.15, 0.2) is 0 Å². The zero-order valence-corrected chi connectivity index (χ0v) is 7.66. The van der Waals surface area contributed by atoms with E-state index in [1.54, 1.807) is 0 Å². The van der Waals surface area contributed by atoms with Crippen molar-refractivity contribution in [3.63, 3.8) is 0 Å². The van der Waals surface area contributed by atoms with Crippen LogP contribution in [-0.2, 0) is 11.4 Å². The largest absolute Gasteiger partial charge is 0.305 e. The van der Waals surface area contributed by atoms with E-state index in [1.807, 2.05) is 0 Å². The van der Waals surface area contributed by atoms with Crippen LogP contribution in [0.15, 0.2) is 12.1 Å². The zero-order chi connectivity index (χ0) is 9.84. The molecule has 5 heteroatoms. The van der Waals surface area contributed by atoms with Crippen LogP contribution in [-0.4, -0.2) is 7.11 Å². The molecule has 1 aromatic carbocycles. The smallest absolute Gasteiger partial charge is 0.132 e. The minimum absolute atomic E-state index is 0.0364. The topological polar surface area (TPSA) is 21.3 Å². The molecule has 13 heavy (non-hydrogen) atoms. The Morgan fingerprint density at radius 3 is 2.38 bits per heavy atom. The van der Waals surface area contributed by atoms with Crippen LogP contribution in [0.4, 0.5) is 8.78 Å². The van der Waals surface area contributed by atoms with E-state index < -0.39 is 11.6 Å². The summed E-state index contributed by atoms with van der Waals surface area (Å²) in [6, 6.07) is 2.11. The van der Waals surface area contributed by atoms with Crippen LogP contribution in [0.5, 0.6) is 0 Å². The summed E-state index contributed by atoms with van der Waals surface area (Å²) in [6.45, 7) is -0.0364. The molecule has 1 rings (SSSR count). The summed E-state index contributed by atoms with van der Waals surface area (Å²) >= 11 is 5.42. The van der Waals surface area contributed by atoms with Crippen molar-refractivity contribution in [2.45, 2.75) is 6.54 Å². The first-order valence-electron chi connectivity index (χ1n) is 3.54. The lowest BCUT2D eigenvalue weighted by Gasteiger charge is -2.05. The number of hydrogen-bond donors (Lipinski definition) is 1. The Morgan fingerprint density at radius 2 is 1.92 bits per heavy atom. The van der Waals surface area contributed by atoms with Gasteiger partial charge in [0.1, 0.15) is 11.6 Å². The van der Waals surface area contributed by atoms with Crippen LogP contribution < -0.4 is 5.48 Å². The predicted octanol–water partition coefficient (Wildman–Crippen LogP) is 2.27. The molecule has 0 fully saturated rings. The molecular weight excluding hydrogens is 200 g/mol. The van der Waals surface area contributed by atoms with Gasteiger partial charge < -0.3 is 4.84 Å². The Bertz CT molecular complexity index is 283. The van der Waals surface area contributed by atoms with E-state index >= 15 is 0 Å². The highest BCUT2D eigenvalue weighted by atomic mass is 35.5. The van der Waals surface area contributed by atoms with E-state index in [4.69, 9.17) is 11.6 Å². The van der Waals surface area contributed by atoms with E-state index in [-0.39, 0.29) is 17.1 Å². The second-order valence-corrected chi connectivity index (χ2v) is 2.81. The Kier molecular flexibility index (Phi) is 3.59. The first kappa shape index (κ1) is 10.4. The van der Waals surface area contributed by atoms with Gasteiger partial charge in [0.25, 0.3) is 0 Å². The minimum atomic E-state index is -0.686. The maximum Gasteiger partial charge on any atom is 0.132 e. The fraction of sp³-hybridized carbons (Fsp3) is 0.250. The second kappa shape index (κ2) is 4.50. The van der Waals surface area contributed by atoms with Crippen molar-refractivity contribution < 1.29 is 13.6 Å². The molecule has 0 radical (unpaired) electrons. The van der Waals surface area contributed by atoms with Gasteiger partial charge in [-0.1, -0.05) is 11.6 Å². The Labute approximate surface area is 79.4 Å². The lowest BCUT2D eigenvalue weighted by atomic mass is 10.2. The summed E-state index contributed by atoms with van der Waals surface area (Å²) in [7, 11) is 1.37. The van der Waals surface area contributed by atoms with Gasteiger partial charge in [-0.15, -0.1) is 0 Å². The Morgan fingerprint density at radius 1 is 1.38 bits per heavy atom. The molecular formula is C8H8ClF2NO. The summed E-state index contributed by atoms with van der Waals surface area (Å²) in [5, 5.41) is 0.0381. The van der Waals surface area contributed by atoms with E-state index in [0.717, 1.165) is 12.1 Å². The molecule has 0 saturated heterocycles. The molecule has 0 heterocycles. The number of rotatable bonds is 3. The molecule has 0 saturated carbocycles. The van der Waals surface area contributed by atoms with E-state index in [2.05, 4.69) is 10.3 Å². The first-order valence-corrected chi connectivity index (χ1v) is 3.92. The van der Waals surface area contributed by atoms with Crippen LogP contribution in [0.3, 0.4) is 0 Å². The van der Waals surface area contributed by atoms with Crippen molar-refractivity contribution in [1.82, 2.24) is 5.48 Å². The van der Waals surface area contributed by atoms with Gasteiger partial charge in [-0.2, -0.15) is 5.48 Å². The summed E-state index contributed by atoms with van der Waals surface area (Å²) in [4.78, 5) is 4.47. The van der Waals surface area contributed by atoms with Crippen molar-refractivity contribution in [3.05, 3.63) is 34.4 Å². The third kappa shape index (κ3) is 2.62. The highest BCUT2D eigenvalue weighted by molar-refractivity contribution is 6.30. The SMILES string of the molecule is CONCc1c(F)cc(Cl)cc1F. The van der Waals surface area contributed by atoms with Gasteiger partial charge in [-0.05, 0) is 12.1 Å². The summed E-state index contributed by atoms with van der Waals surface area (Å²) < 4.78 is 26.0. The number of nitrogens with one attached hydrogen (secondary N) is 1. The lowest BCUT2D eigenvalue weighted by Crippen LogP contribution is -2.13. The van der Waals surface area contributed by atoms with Crippen molar-refractivity contribution in [2.75, 3.05) is 7.11 Å². The average Bonchev–Trinajstić information content (AvgIpc) is 2.02. The van der Waals surface area contributed by atoms with Gasteiger partial charge in [-0.3, -0.25) is 0 Å². The third-order valence-corrected chi connectivity index (χ3v) is 1.72. The fourth-order valence-corrected chi connectivity index (χ4v) is 1.08. The van der Waals surface area contributed by atoms with Crippen molar-refractivity contribution >= 4 is 11.6 Å². The maximum absolute atomic E-state index is 13.0. The summed E-state index contributed by atoms with van der Waals surface area (Å²) in [5.41, 5.74) is 2.25. The number of halogens is 3. The maximum atomic E-state index is 13.0. The third-order valence-electron chi connectivity index (χ3n) is 1.50. The van der Waals surface area contributed by atoms with Gasteiger partial charge in [0.05, 0.1) is 13.7 Å². The minimum Gasteiger partial charge on any atom is -0.305 e. The van der Waals surface area contributed by atoms with Crippen molar-refractivity contribution in [3.8, 4) is 0 Å². The normalized spacial score (nSPS) is 10.5. The average molecular weight is 208 g/mol. The standard InChI is InChI=1S/C8H8ClF2NO/c1-13-12-4-6-7(10)2-5(9)3-8(6)11/h2-3,12H,4H2,1H3. The van der Waals surface area contributed by atoms with Crippen LogP contribution in [0.2, 0.25) is 5.02 Å². The summed E-state index contributed by atoms with van der Waals surface area (Å²) in [6.07, 6.45) is 0. The molecule has 0 aliphatic carbocycles. The first-order chi connectivity index (χ1) is 6.15. The van der Waals surface area contributed by atoms with Crippen molar-refractivity contribution in [2.24, 2.45) is 0 Å². The van der Waals surface area contributed by atoms with E-state index in [9.17, 15) is 8.78 Å². The highest BCUT2D eigenvalue weighted by Crippen LogP contribution is 2.18. The van der Waals surface area contributed by atoms with Crippen molar-refractivity contribution in [1.29, 1.82) is 0 Å². The molecule has 0 bridgehead atoms. The van der Waals surface area contributed by atoms with Gasteiger partial charge in [-0.25, -0.2) is 8.78 Å². The van der Waals surface area contributed by atoms with Gasteiger partial charge in [0.2, 0.25) is 0 Å². The Hall–Kier alpha value is -0.710. The number of benzene rings is 1. The molecule has 1 N–H and O–H groups in total. The van der Waals surface area contributed by atoms with Crippen LogP contribution in [0.1, 0.15) is 5.56 Å². The molecule has 0 aliphatic heterocycles. The molecule has 2 nitrogen and oxygen atoms in total. The lowest BCUT2D eigenvalue weighted by molar-refractivity contribution is 0.0850. The fourth-order valence-electron chi connectivity index (χ4n) is 0.885. The Balaban J connectivity index is 2.92. The zero-order valence-electron chi connectivity index (χ0n) is 6.90. The van der Waals surface area contributed by atoms with Gasteiger partial charge in [0, 0.05) is 10.6 Å². The monoisotopic (exact) mass is 207 g/mol. The van der Waals surface area contributed by atoms with Crippen LogP contribution in [0, 0.1) is 11.6 Å². The molecule has 0 atom stereocenters. The number of hydroxylamine groups is 1. The predicted molar refractivity (Wildman–Crippen MR) is 45.2 cm³/mol. The number of hydrogen-bond acceptors (Lipinski definition) is 2. The second-order valence-electron chi connectivity index (χ2n) is 2.37. The van der Waals surface area contributed by atoms with E-state index in [1.165, 1.54) is 7.11 Å². The highest BCUT2D eigenvalue weighted by Gasteiger charge is 2.09. The van der Waals surface area contributed by atoms with Crippen LogP contribution >= 0.6 is 11.6 Å². The summed E-state index contributed by atoms with van der Waals surface area (Å²) in [5.74, 6) is -1.37. The quantitative estimate of drug-likeness (QED) is 0.768.